The Labute approximate surface area is 107 Å². The normalized spacial score (nSPS) is 23.5. The summed E-state index contributed by atoms with van der Waals surface area (Å²) < 4.78 is 5.10. The fraction of sp³-hybridized carbons (Fsp3) is 0.500. The van der Waals surface area contributed by atoms with Crippen molar-refractivity contribution in [3.05, 3.63) is 29.8 Å². The van der Waals surface area contributed by atoms with E-state index in [4.69, 9.17) is 4.74 Å². The number of likely N-dealkylation sites (tertiary alicyclic amines) is 1. The molecule has 2 atom stereocenters. The minimum atomic E-state index is 0.0655. The Hall–Kier alpha value is -1.55. The van der Waals surface area contributed by atoms with Gasteiger partial charge in [-0.2, -0.15) is 0 Å². The highest BCUT2D eigenvalue weighted by atomic mass is 16.5. The highest BCUT2D eigenvalue weighted by Crippen LogP contribution is 2.27. The summed E-state index contributed by atoms with van der Waals surface area (Å²) in [6.07, 6.45) is 0.452. The highest BCUT2D eigenvalue weighted by molar-refractivity contribution is 5.79. The van der Waals surface area contributed by atoms with Crippen molar-refractivity contribution in [1.29, 1.82) is 0 Å². The van der Waals surface area contributed by atoms with Crippen molar-refractivity contribution in [3.8, 4) is 5.75 Å². The Morgan fingerprint density at radius 2 is 2.06 bits per heavy atom. The van der Waals surface area contributed by atoms with Gasteiger partial charge in [0.15, 0.2) is 0 Å². The first-order chi connectivity index (χ1) is 8.65. The van der Waals surface area contributed by atoms with E-state index in [0.29, 0.717) is 13.0 Å². The summed E-state index contributed by atoms with van der Waals surface area (Å²) in [6, 6.07) is 7.81. The molecule has 4 heteroatoms. The highest BCUT2D eigenvalue weighted by Gasteiger charge is 2.35. The second-order valence-corrected chi connectivity index (χ2v) is 4.76. The van der Waals surface area contributed by atoms with Crippen LogP contribution >= 0.6 is 0 Å². The lowest BCUT2D eigenvalue weighted by Crippen LogP contribution is -2.33. The van der Waals surface area contributed by atoms with Crippen molar-refractivity contribution in [2.75, 3.05) is 13.7 Å². The lowest BCUT2D eigenvalue weighted by atomic mass is 10.0. The van der Waals surface area contributed by atoms with Crippen LogP contribution in [0.25, 0.3) is 0 Å². The second-order valence-electron chi connectivity index (χ2n) is 4.76. The van der Waals surface area contributed by atoms with Crippen molar-refractivity contribution < 1.29 is 14.6 Å². The smallest absolute Gasteiger partial charge is 0.223 e. The van der Waals surface area contributed by atoms with Crippen LogP contribution in [0.15, 0.2) is 24.3 Å². The largest absolute Gasteiger partial charge is 0.497 e. The molecular formula is C14H19NO3. The number of ether oxygens (including phenoxy) is 1. The first-order valence-corrected chi connectivity index (χ1v) is 6.19. The Bertz CT molecular complexity index is 416. The van der Waals surface area contributed by atoms with Crippen LogP contribution in [-0.2, 0) is 11.3 Å². The summed E-state index contributed by atoms with van der Waals surface area (Å²) in [4.78, 5) is 13.7. The summed E-state index contributed by atoms with van der Waals surface area (Å²) in [5, 5.41) is 9.21. The first-order valence-electron chi connectivity index (χ1n) is 6.19. The number of amides is 1. The molecule has 0 saturated carbocycles. The molecule has 1 aliphatic heterocycles. The fourth-order valence-corrected chi connectivity index (χ4v) is 2.37. The lowest BCUT2D eigenvalue weighted by Gasteiger charge is -2.24. The molecule has 1 heterocycles. The van der Waals surface area contributed by atoms with Crippen LogP contribution in [0.4, 0.5) is 0 Å². The monoisotopic (exact) mass is 249 g/mol. The maximum absolute atomic E-state index is 11.9. The number of rotatable bonds is 4. The number of carbonyl (C=O) groups excluding carboxylic acids is 1. The molecule has 0 aromatic heterocycles. The van der Waals surface area contributed by atoms with E-state index in [2.05, 4.69) is 0 Å². The molecule has 0 bridgehead atoms. The molecular weight excluding hydrogens is 230 g/mol. The topological polar surface area (TPSA) is 49.8 Å². The third-order valence-electron chi connectivity index (χ3n) is 3.68. The molecule has 1 amide bonds. The summed E-state index contributed by atoms with van der Waals surface area (Å²) in [5.41, 5.74) is 1.08. The molecule has 18 heavy (non-hydrogen) atoms. The molecule has 0 radical (unpaired) electrons. The van der Waals surface area contributed by atoms with Crippen LogP contribution in [0, 0.1) is 5.92 Å². The van der Waals surface area contributed by atoms with Gasteiger partial charge in [-0.1, -0.05) is 12.1 Å². The Morgan fingerprint density at radius 3 is 2.56 bits per heavy atom. The minimum absolute atomic E-state index is 0.0655. The quantitative estimate of drug-likeness (QED) is 0.878. The van der Waals surface area contributed by atoms with Crippen molar-refractivity contribution in [2.24, 2.45) is 5.92 Å². The van der Waals surface area contributed by atoms with E-state index in [1.165, 1.54) is 0 Å². The number of hydrogen-bond donors (Lipinski definition) is 1. The van der Waals surface area contributed by atoms with Crippen LogP contribution in [-0.4, -0.2) is 35.7 Å². The third-order valence-corrected chi connectivity index (χ3v) is 3.68. The molecule has 0 aliphatic carbocycles. The summed E-state index contributed by atoms with van der Waals surface area (Å²) in [6.45, 7) is 2.67. The van der Waals surface area contributed by atoms with Crippen LogP contribution in [0.5, 0.6) is 5.75 Å². The van der Waals surface area contributed by atoms with Gasteiger partial charge in [0.25, 0.3) is 0 Å². The Kier molecular flexibility index (Phi) is 3.87. The molecule has 98 valence electrons. The first kappa shape index (κ1) is 12.9. The minimum Gasteiger partial charge on any atom is -0.497 e. The zero-order chi connectivity index (χ0) is 13.1. The molecule has 4 nitrogen and oxygen atoms in total. The van der Waals surface area contributed by atoms with Gasteiger partial charge in [0.2, 0.25) is 5.91 Å². The van der Waals surface area contributed by atoms with Gasteiger partial charge in [0, 0.05) is 31.5 Å². The number of methoxy groups -OCH3 is 1. The number of aliphatic hydroxyl groups excluding tert-OH is 1. The van der Waals surface area contributed by atoms with E-state index >= 15 is 0 Å². The molecule has 1 aromatic carbocycles. The predicted octanol–water partition coefficient (Wildman–Crippen LogP) is 1.42. The average molecular weight is 249 g/mol. The van der Waals surface area contributed by atoms with E-state index in [1.807, 2.05) is 36.1 Å². The lowest BCUT2D eigenvalue weighted by molar-refractivity contribution is -0.129. The van der Waals surface area contributed by atoms with Crippen LogP contribution < -0.4 is 4.74 Å². The second kappa shape index (κ2) is 5.40. The summed E-state index contributed by atoms with van der Waals surface area (Å²) in [5.74, 6) is 1.00. The van der Waals surface area contributed by atoms with E-state index in [9.17, 15) is 9.90 Å². The van der Waals surface area contributed by atoms with Crippen LogP contribution in [0.3, 0.4) is 0 Å². The maximum atomic E-state index is 11.9. The summed E-state index contributed by atoms with van der Waals surface area (Å²) in [7, 11) is 1.63. The van der Waals surface area contributed by atoms with Gasteiger partial charge in [-0.25, -0.2) is 0 Å². The molecule has 1 fully saturated rings. The van der Waals surface area contributed by atoms with Crippen LogP contribution in [0.2, 0.25) is 0 Å². The molecule has 1 saturated heterocycles. The van der Waals surface area contributed by atoms with E-state index < -0.39 is 0 Å². The standard InChI is InChI=1S/C14H19NO3/c1-10-12(9-16)7-14(17)15(10)8-11-3-5-13(18-2)6-4-11/h3-6,10,12,16H,7-9H2,1-2H3/t10-,12-/m0/s1. The van der Waals surface area contributed by atoms with Crippen molar-refractivity contribution in [3.63, 3.8) is 0 Å². The van der Waals surface area contributed by atoms with Gasteiger partial charge in [0.1, 0.15) is 5.75 Å². The average Bonchev–Trinajstić information content (AvgIpc) is 2.67. The molecule has 1 aliphatic rings. The third kappa shape index (κ3) is 2.48. The molecule has 1 N–H and O–H groups in total. The molecule has 0 spiro atoms. The zero-order valence-corrected chi connectivity index (χ0v) is 10.8. The number of hydrogen-bond acceptors (Lipinski definition) is 3. The van der Waals surface area contributed by atoms with Gasteiger partial charge >= 0.3 is 0 Å². The SMILES string of the molecule is COc1ccc(CN2C(=O)C[C@@H](CO)[C@@H]2C)cc1. The number of benzene rings is 1. The molecule has 2 rings (SSSR count). The van der Waals surface area contributed by atoms with E-state index in [0.717, 1.165) is 11.3 Å². The Balaban J connectivity index is 2.06. The summed E-state index contributed by atoms with van der Waals surface area (Å²) >= 11 is 0. The van der Waals surface area contributed by atoms with Gasteiger partial charge < -0.3 is 14.7 Å². The van der Waals surface area contributed by atoms with Crippen molar-refractivity contribution in [1.82, 2.24) is 4.90 Å². The number of nitrogens with zero attached hydrogens (tertiary/aromatic N) is 1. The molecule has 1 aromatic rings. The predicted molar refractivity (Wildman–Crippen MR) is 68.2 cm³/mol. The number of carbonyl (C=O) groups is 1. The van der Waals surface area contributed by atoms with Gasteiger partial charge in [-0.05, 0) is 24.6 Å². The zero-order valence-electron chi connectivity index (χ0n) is 10.8. The van der Waals surface area contributed by atoms with E-state index in [-0.39, 0.29) is 24.5 Å². The number of aliphatic hydroxyl groups is 1. The van der Waals surface area contributed by atoms with Crippen molar-refractivity contribution >= 4 is 5.91 Å². The van der Waals surface area contributed by atoms with Crippen LogP contribution in [0.1, 0.15) is 18.9 Å². The Morgan fingerprint density at radius 1 is 1.39 bits per heavy atom. The van der Waals surface area contributed by atoms with Gasteiger partial charge in [-0.3, -0.25) is 4.79 Å². The molecule has 0 unspecified atom stereocenters. The van der Waals surface area contributed by atoms with Crippen molar-refractivity contribution in [2.45, 2.75) is 25.9 Å². The fourth-order valence-electron chi connectivity index (χ4n) is 2.37. The van der Waals surface area contributed by atoms with Gasteiger partial charge in [-0.15, -0.1) is 0 Å². The maximum Gasteiger partial charge on any atom is 0.223 e. The van der Waals surface area contributed by atoms with Gasteiger partial charge in [0.05, 0.1) is 7.11 Å². The van der Waals surface area contributed by atoms with E-state index in [1.54, 1.807) is 7.11 Å².